The summed E-state index contributed by atoms with van der Waals surface area (Å²) >= 11 is 3.35. The molecule has 9 heteroatoms. The van der Waals surface area contributed by atoms with Gasteiger partial charge in [-0.15, -0.1) is 0 Å². The summed E-state index contributed by atoms with van der Waals surface area (Å²) < 4.78 is 8.59. The molecule has 0 aliphatic carbocycles. The molecule has 0 aliphatic heterocycles. The third-order valence-corrected chi connectivity index (χ3v) is 3.44. The predicted octanol–water partition coefficient (Wildman–Crippen LogP) is 1.54. The van der Waals surface area contributed by atoms with Crippen LogP contribution in [0.5, 0.6) is 0 Å². The molecule has 21 heavy (non-hydrogen) atoms. The number of ether oxygens (including phenoxy) is 1. The molecule has 0 radical (unpaired) electrons. The van der Waals surface area contributed by atoms with Gasteiger partial charge in [0, 0.05) is 19.5 Å². The normalized spacial score (nSPS) is 11.0. The Balaban J connectivity index is 1.84. The molecule has 0 aromatic carbocycles. The molecule has 1 N–H and O–H groups in total. The number of aromatic nitrogens is 5. The zero-order valence-electron chi connectivity index (χ0n) is 11.0. The highest BCUT2D eigenvalue weighted by Gasteiger charge is 2.18. The fourth-order valence-electron chi connectivity index (χ4n) is 1.83. The van der Waals surface area contributed by atoms with E-state index in [4.69, 9.17) is 4.74 Å². The van der Waals surface area contributed by atoms with Crippen LogP contribution >= 0.6 is 15.9 Å². The van der Waals surface area contributed by atoms with Gasteiger partial charge in [0.2, 0.25) is 0 Å². The summed E-state index contributed by atoms with van der Waals surface area (Å²) in [6.07, 6.45) is 6.57. The fourth-order valence-corrected chi connectivity index (χ4v) is 2.37. The van der Waals surface area contributed by atoms with E-state index in [9.17, 15) is 4.79 Å². The maximum absolute atomic E-state index is 12.3. The van der Waals surface area contributed by atoms with E-state index < -0.39 is 0 Å². The van der Waals surface area contributed by atoms with Crippen molar-refractivity contribution in [2.75, 3.05) is 12.4 Å². The number of rotatable bonds is 4. The zero-order chi connectivity index (χ0) is 14.8. The minimum absolute atomic E-state index is 0.258. The number of anilines is 1. The molecular weight excluding hydrogens is 340 g/mol. The van der Waals surface area contributed by atoms with Crippen molar-refractivity contribution in [3.05, 3.63) is 41.0 Å². The van der Waals surface area contributed by atoms with Crippen LogP contribution in [0.15, 0.2) is 35.3 Å². The Hall–Kier alpha value is -2.26. The Kier molecular flexibility index (Phi) is 3.67. The van der Waals surface area contributed by atoms with Crippen LogP contribution in [0.3, 0.4) is 0 Å². The van der Waals surface area contributed by atoms with Crippen molar-refractivity contribution in [1.29, 1.82) is 0 Å². The molecule has 8 nitrogen and oxygen atoms in total. The van der Waals surface area contributed by atoms with Crippen molar-refractivity contribution < 1.29 is 9.53 Å². The smallest absolute Gasteiger partial charge is 0.277 e. The maximum atomic E-state index is 12.3. The lowest BCUT2D eigenvalue weighted by atomic mass is 10.4. The van der Waals surface area contributed by atoms with Gasteiger partial charge in [-0.05, 0) is 22.0 Å². The molecule has 0 fully saturated rings. The summed E-state index contributed by atoms with van der Waals surface area (Å²) in [5.41, 5.74) is 1.40. The Morgan fingerprint density at radius 3 is 3.14 bits per heavy atom. The van der Waals surface area contributed by atoms with Gasteiger partial charge < -0.3 is 10.1 Å². The van der Waals surface area contributed by atoms with E-state index in [-0.39, 0.29) is 11.6 Å². The van der Waals surface area contributed by atoms with Crippen LogP contribution in [0.4, 0.5) is 5.69 Å². The minimum Gasteiger partial charge on any atom is -0.362 e. The first-order chi connectivity index (χ1) is 10.2. The number of nitrogens with one attached hydrogen (secondary N) is 1. The number of methoxy groups -OCH3 is 1. The number of carbonyl (C=O) groups excluding carboxylic acids is 1. The number of carbonyl (C=O) groups is 1. The summed E-state index contributed by atoms with van der Waals surface area (Å²) in [5.74, 6) is -0.343. The quantitative estimate of drug-likeness (QED) is 0.771. The maximum Gasteiger partial charge on any atom is 0.277 e. The van der Waals surface area contributed by atoms with Gasteiger partial charge in [-0.2, -0.15) is 10.2 Å². The molecule has 0 aliphatic rings. The molecule has 0 saturated carbocycles. The Morgan fingerprint density at radius 1 is 1.52 bits per heavy atom. The van der Waals surface area contributed by atoms with Crippen molar-refractivity contribution in [1.82, 2.24) is 24.4 Å². The van der Waals surface area contributed by atoms with Gasteiger partial charge in [0.1, 0.15) is 6.73 Å². The molecule has 3 aromatic heterocycles. The Bertz CT molecular complexity index is 796. The van der Waals surface area contributed by atoms with Crippen LogP contribution in [0.25, 0.3) is 5.65 Å². The lowest BCUT2D eigenvalue weighted by molar-refractivity contribution is 0.102. The topological polar surface area (TPSA) is 86.3 Å². The fraction of sp³-hybridized carbons (Fsp3) is 0.167. The molecule has 1 amide bonds. The van der Waals surface area contributed by atoms with E-state index in [0.29, 0.717) is 22.5 Å². The highest BCUT2D eigenvalue weighted by atomic mass is 79.9. The van der Waals surface area contributed by atoms with Crippen LogP contribution in [-0.4, -0.2) is 37.4 Å². The highest BCUT2D eigenvalue weighted by Crippen LogP contribution is 2.21. The first-order valence-electron chi connectivity index (χ1n) is 6.00. The van der Waals surface area contributed by atoms with E-state index >= 15 is 0 Å². The lowest BCUT2D eigenvalue weighted by Crippen LogP contribution is -2.13. The second kappa shape index (κ2) is 5.62. The van der Waals surface area contributed by atoms with E-state index in [1.54, 1.807) is 42.6 Å². The standard InChI is InChI=1S/C12H11BrN6O2/c1-21-7-18-6-8(5-15-18)16-12(20)10-9(13)11-14-3-2-4-19(11)17-10/h2-6H,7H2,1H3,(H,16,20). The number of nitrogens with zero attached hydrogens (tertiary/aromatic N) is 5. The molecule has 3 heterocycles. The van der Waals surface area contributed by atoms with Crippen molar-refractivity contribution in [3.63, 3.8) is 0 Å². The van der Waals surface area contributed by atoms with Crippen LogP contribution < -0.4 is 5.32 Å². The molecule has 3 rings (SSSR count). The monoisotopic (exact) mass is 350 g/mol. The van der Waals surface area contributed by atoms with Gasteiger partial charge in [-0.25, -0.2) is 14.2 Å². The summed E-state index contributed by atoms with van der Waals surface area (Å²) in [4.78, 5) is 16.4. The largest absolute Gasteiger partial charge is 0.362 e. The van der Waals surface area contributed by atoms with Crippen LogP contribution in [0, 0.1) is 0 Å². The number of amides is 1. The van der Waals surface area contributed by atoms with E-state index in [1.807, 2.05) is 0 Å². The molecule has 0 atom stereocenters. The summed E-state index contributed by atoms with van der Waals surface area (Å²) in [6, 6.07) is 1.74. The Labute approximate surface area is 127 Å². The first-order valence-corrected chi connectivity index (χ1v) is 6.80. The molecular formula is C12H11BrN6O2. The van der Waals surface area contributed by atoms with Gasteiger partial charge in [0.25, 0.3) is 5.91 Å². The van der Waals surface area contributed by atoms with Gasteiger partial charge in [0.15, 0.2) is 11.3 Å². The van der Waals surface area contributed by atoms with Gasteiger partial charge >= 0.3 is 0 Å². The molecule has 0 bridgehead atoms. The van der Waals surface area contributed by atoms with Crippen LogP contribution in [0.2, 0.25) is 0 Å². The number of hydrogen-bond donors (Lipinski definition) is 1. The Morgan fingerprint density at radius 2 is 2.38 bits per heavy atom. The number of halogens is 1. The number of hydrogen-bond acceptors (Lipinski definition) is 5. The summed E-state index contributed by atoms with van der Waals surface area (Å²) in [7, 11) is 1.57. The van der Waals surface area contributed by atoms with Crippen LogP contribution in [0.1, 0.15) is 10.5 Å². The average molecular weight is 351 g/mol. The van der Waals surface area contributed by atoms with Crippen molar-refractivity contribution in [3.8, 4) is 0 Å². The number of fused-ring (bicyclic) bond motifs is 1. The van der Waals surface area contributed by atoms with E-state index in [0.717, 1.165) is 0 Å². The second-order valence-electron chi connectivity index (χ2n) is 4.19. The molecule has 0 spiro atoms. The zero-order valence-corrected chi connectivity index (χ0v) is 12.6. The predicted molar refractivity (Wildman–Crippen MR) is 77.9 cm³/mol. The van der Waals surface area contributed by atoms with Gasteiger partial charge in [0.05, 0.1) is 22.6 Å². The van der Waals surface area contributed by atoms with Crippen molar-refractivity contribution in [2.24, 2.45) is 0 Å². The third-order valence-electron chi connectivity index (χ3n) is 2.71. The SMILES string of the molecule is COCn1cc(NC(=O)c2nn3cccnc3c2Br)cn1. The summed E-state index contributed by atoms with van der Waals surface area (Å²) in [6.45, 7) is 0.317. The van der Waals surface area contributed by atoms with Gasteiger partial charge in [-0.3, -0.25) is 4.79 Å². The summed E-state index contributed by atoms with van der Waals surface area (Å²) in [5, 5.41) is 11.0. The van der Waals surface area contributed by atoms with Crippen molar-refractivity contribution >= 4 is 33.2 Å². The average Bonchev–Trinajstić information content (AvgIpc) is 3.05. The van der Waals surface area contributed by atoms with E-state index in [1.165, 1.54) is 4.52 Å². The molecule has 0 unspecified atom stereocenters. The molecule has 108 valence electrons. The van der Waals surface area contributed by atoms with Crippen LogP contribution in [-0.2, 0) is 11.5 Å². The molecule has 0 saturated heterocycles. The minimum atomic E-state index is -0.343. The first kappa shape index (κ1) is 13.7. The second-order valence-corrected chi connectivity index (χ2v) is 4.98. The van der Waals surface area contributed by atoms with Gasteiger partial charge in [-0.1, -0.05) is 0 Å². The molecule has 3 aromatic rings. The van der Waals surface area contributed by atoms with E-state index in [2.05, 4.69) is 36.4 Å². The lowest BCUT2D eigenvalue weighted by Gasteiger charge is -1.99. The third kappa shape index (κ3) is 2.65. The van der Waals surface area contributed by atoms with Crippen molar-refractivity contribution in [2.45, 2.75) is 6.73 Å². The highest BCUT2D eigenvalue weighted by molar-refractivity contribution is 9.10.